The van der Waals surface area contributed by atoms with E-state index in [9.17, 15) is 9.59 Å². The Morgan fingerprint density at radius 2 is 2.10 bits per heavy atom. The summed E-state index contributed by atoms with van der Waals surface area (Å²) in [5, 5.41) is 11.6. The molecule has 1 unspecified atom stereocenters. The molecule has 0 spiro atoms. The topological polar surface area (TPSA) is 75.6 Å². The molecule has 21 heavy (non-hydrogen) atoms. The molecule has 0 aliphatic heterocycles. The third kappa shape index (κ3) is 6.31. The van der Waals surface area contributed by atoms with Crippen molar-refractivity contribution in [2.45, 2.75) is 17.4 Å². The molecule has 0 fully saturated rings. The van der Waals surface area contributed by atoms with Crippen molar-refractivity contribution < 1.29 is 19.4 Å². The molecule has 1 aromatic rings. The third-order valence-electron chi connectivity index (χ3n) is 2.67. The number of carboxylic acids is 1. The number of amides is 1. The summed E-state index contributed by atoms with van der Waals surface area (Å²) < 4.78 is 5.20. The van der Waals surface area contributed by atoms with Gasteiger partial charge in [0, 0.05) is 4.90 Å². The predicted molar refractivity (Wildman–Crippen MR) is 86.3 cm³/mol. The number of carboxylic acid groups (broad SMARTS) is 1. The van der Waals surface area contributed by atoms with E-state index in [2.05, 4.69) is 5.32 Å². The molecule has 0 radical (unpaired) electrons. The molecule has 0 bridgehead atoms. The van der Waals surface area contributed by atoms with Crippen LogP contribution in [0.1, 0.15) is 6.42 Å². The van der Waals surface area contributed by atoms with Gasteiger partial charge in [-0.3, -0.25) is 4.79 Å². The average molecular weight is 329 g/mol. The molecule has 0 aromatic heterocycles. The van der Waals surface area contributed by atoms with Gasteiger partial charge < -0.3 is 15.2 Å². The van der Waals surface area contributed by atoms with Gasteiger partial charge in [-0.05, 0) is 30.6 Å². The lowest BCUT2D eigenvalue weighted by atomic mass is 10.2. The average Bonchev–Trinajstić information content (AvgIpc) is 2.49. The van der Waals surface area contributed by atoms with Crippen LogP contribution in [0.5, 0.6) is 5.75 Å². The summed E-state index contributed by atoms with van der Waals surface area (Å²) in [6.07, 6.45) is 2.32. The van der Waals surface area contributed by atoms with E-state index >= 15 is 0 Å². The van der Waals surface area contributed by atoms with Crippen molar-refractivity contribution in [2.24, 2.45) is 0 Å². The zero-order valence-electron chi connectivity index (χ0n) is 12.0. The van der Waals surface area contributed by atoms with E-state index in [1.165, 1.54) is 11.8 Å². The summed E-state index contributed by atoms with van der Waals surface area (Å²) in [7, 11) is 1.57. The second kappa shape index (κ2) is 9.57. The molecule has 5 nitrogen and oxygen atoms in total. The first-order chi connectivity index (χ1) is 10.1. The zero-order chi connectivity index (χ0) is 15.7. The summed E-state index contributed by atoms with van der Waals surface area (Å²) in [6, 6.07) is 6.56. The fourth-order valence-corrected chi connectivity index (χ4v) is 2.92. The second-order valence-corrected chi connectivity index (χ2v) is 6.18. The summed E-state index contributed by atoms with van der Waals surface area (Å²) in [4.78, 5) is 23.8. The minimum absolute atomic E-state index is 0.156. The smallest absolute Gasteiger partial charge is 0.326 e. The van der Waals surface area contributed by atoms with E-state index in [4.69, 9.17) is 9.84 Å². The van der Waals surface area contributed by atoms with Crippen LogP contribution in [0.25, 0.3) is 0 Å². The molecule has 1 amide bonds. The number of hydrogen-bond acceptors (Lipinski definition) is 5. The van der Waals surface area contributed by atoms with E-state index in [0.717, 1.165) is 4.90 Å². The summed E-state index contributed by atoms with van der Waals surface area (Å²) in [6.45, 7) is 0. The molecular weight excluding hydrogens is 310 g/mol. The summed E-state index contributed by atoms with van der Waals surface area (Å²) in [5.74, 6) is 0.256. The van der Waals surface area contributed by atoms with Crippen molar-refractivity contribution in [2.75, 3.05) is 24.9 Å². The maximum Gasteiger partial charge on any atom is 0.326 e. The van der Waals surface area contributed by atoms with Gasteiger partial charge >= 0.3 is 5.97 Å². The molecule has 1 aromatic carbocycles. The Kier molecular flexibility index (Phi) is 8.07. The summed E-state index contributed by atoms with van der Waals surface area (Å²) >= 11 is 2.88. The highest BCUT2D eigenvalue weighted by Crippen LogP contribution is 2.28. The van der Waals surface area contributed by atoms with Gasteiger partial charge in [0.2, 0.25) is 5.91 Å². The number of thioether (sulfide) groups is 2. The zero-order valence-corrected chi connectivity index (χ0v) is 13.6. The minimum atomic E-state index is -1.00. The number of benzene rings is 1. The number of carbonyl (C=O) groups is 2. The van der Waals surface area contributed by atoms with Crippen molar-refractivity contribution in [3.05, 3.63) is 24.3 Å². The molecule has 0 heterocycles. The first-order valence-corrected chi connectivity index (χ1v) is 8.73. The minimum Gasteiger partial charge on any atom is -0.496 e. The first-order valence-electron chi connectivity index (χ1n) is 6.35. The van der Waals surface area contributed by atoms with E-state index in [-0.39, 0.29) is 11.7 Å². The Hall–Kier alpha value is -1.34. The molecule has 1 rings (SSSR count). The Labute approximate surface area is 132 Å². The van der Waals surface area contributed by atoms with E-state index in [1.54, 1.807) is 18.9 Å². The summed E-state index contributed by atoms with van der Waals surface area (Å²) in [5.41, 5.74) is 0. The number of rotatable bonds is 9. The van der Waals surface area contributed by atoms with Gasteiger partial charge in [0.15, 0.2) is 0 Å². The van der Waals surface area contributed by atoms with Crippen molar-refractivity contribution in [1.29, 1.82) is 0 Å². The van der Waals surface area contributed by atoms with Gasteiger partial charge in [0.1, 0.15) is 11.8 Å². The molecular formula is C14H19NO4S2. The fraction of sp³-hybridized carbons (Fsp3) is 0.429. The van der Waals surface area contributed by atoms with Crippen molar-refractivity contribution in [3.8, 4) is 5.75 Å². The third-order valence-corrected chi connectivity index (χ3v) is 4.37. The highest BCUT2D eigenvalue weighted by atomic mass is 32.2. The molecule has 1 atom stereocenters. The normalized spacial score (nSPS) is 11.7. The van der Waals surface area contributed by atoms with Gasteiger partial charge in [0.25, 0.3) is 0 Å². The van der Waals surface area contributed by atoms with E-state index in [0.29, 0.717) is 17.9 Å². The Morgan fingerprint density at radius 3 is 2.71 bits per heavy atom. The fourth-order valence-electron chi connectivity index (χ4n) is 1.61. The van der Waals surface area contributed by atoms with Crippen molar-refractivity contribution in [3.63, 3.8) is 0 Å². The quantitative estimate of drug-likeness (QED) is 0.676. The largest absolute Gasteiger partial charge is 0.496 e. The van der Waals surface area contributed by atoms with Crippen molar-refractivity contribution >= 4 is 35.4 Å². The number of methoxy groups -OCH3 is 1. The number of aliphatic carboxylic acids is 1. The number of para-hydroxylation sites is 1. The maximum absolute atomic E-state index is 11.9. The standard InChI is InChI=1S/C14H19NO4S2/c1-19-11-5-3-4-6-12(11)21-9-13(16)15-10(14(17)18)7-8-20-2/h3-6,10H,7-9H2,1-2H3,(H,15,16)(H,17,18). The number of nitrogens with one attached hydrogen (secondary N) is 1. The van der Waals surface area contributed by atoms with E-state index < -0.39 is 12.0 Å². The number of hydrogen-bond donors (Lipinski definition) is 2. The number of ether oxygens (including phenoxy) is 1. The Balaban J connectivity index is 2.50. The molecule has 0 aliphatic carbocycles. The van der Waals surface area contributed by atoms with Crippen LogP contribution in [-0.4, -0.2) is 47.9 Å². The molecule has 0 saturated heterocycles. The Bertz CT molecular complexity index is 482. The Morgan fingerprint density at radius 1 is 1.38 bits per heavy atom. The van der Waals surface area contributed by atoms with Gasteiger partial charge in [-0.25, -0.2) is 4.79 Å². The van der Waals surface area contributed by atoms with Crippen molar-refractivity contribution in [1.82, 2.24) is 5.32 Å². The van der Waals surface area contributed by atoms with E-state index in [1.807, 2.05) is 30.5 Å². The molecule has 116 valence electrons. The highest BCUT2D eigenvalue weighted by molar-refractivity contribution is 8.00. The molecule has 0 saturated carbocycles. The molecule has 7 heteroatoms. The van der Waals surface area contributed by atoms with Crippen LogP contribution < -0.4 is 10.1 Å². The molecule has 2 N–H and O–H groups in total. The lowest BCUT2D eigenvalue weighted by Crippen LogP contribution is -2.42. The van der Waals surface area contributed by atoms with Crippen LogP contribution in [0, 0.1) is 0 Å². The number of carbonyl (C=O) groups excluding carboxylic acids is 1. The van der Waals surface area contributed by atoms with Crippen LogP contribution in [0.2, 0.25) is 0 Å². The SMILES string of the molecule is COc1ccccc1SCC(=O)NC(CCSC)C(=O)O. The van der Waals surface area contributed by atoms with Crippen LogP contribution >= 0.6 is 23.5 Å². The lowest BCUT2D eigenvalue weighted by Gasteiger charge is -2.14. The second-order valence-electron chi connectivity index (χ2n) is 4.18. The van der Waals surface area contributed by atoms with Crippen LogP contribution in [-0.2, 0) is 9.59 Å². The highest BCUT2D eigenvalue weighted by Gasteiger charge is 2.19. The monoisotopic (exact) mass is 329 g/mol. The van der Waals surface area contributed by atoms with Crippen LogP contribution in [0.4, 0.5) is 0 Å². The first kappa shape index (κ1) is 17.7. The maximum atomic E-state index is 11.9. The molecule has 0 aliphatic rings. The van der Waals surface area contributed by atoms with Gasteiger partial charge in [-0.2, -0.15) is 11.8 Å². The van der Waals surface area contributed by atoms with Crippen LogP contribution in [0.15, 0.2) is 29.2 Å². The van der Waals surface area contributed by atoms with Gasteiger partial charge in [-0.1, -0.05) is 12.1 Å². The predicted octanol–water partition coefficient (Wildman–Crippen LogP) is 2.11. The van der Waals surface area contributed by atoms with Gasteiger partial charge in [-0.15, -0.1) is 11.8 Å². The van der Waals surface area contributed by atoms with Gasteiger partial charge in [0.05, 0.1) is 12.9 Å². The lowest BCUT2D eigenvalue weighted by molar-refractivity contribution is -0.141. The van der Waals surface area contributed by atoms with Crippen LogP contribution in [0.3, 0.4) is 0 Å².